The lowest BCUT2D eigenvalue weighted by atomic mass is 10.2. The van der Waals surface area contributed by atoms with E-state index in [1.807, 2.05) is 48.5 Å². The van der Waals surface area contributed by atoms with Gasteiger partial charge in [0, 0.05) is 12.3 Å². The summed E-state index contributed by atoms with van der Waals surface area (Å²) in [4.78, 5) is 25.6. The van der Waals surface area contributed by atoms with Gasteiger partial charge in [-0.25, -0.2) is 9.97 Å². The van der Waals surface area contributed by atoms with E-state index in [4.69, 9.17) is 4.74 Å². The zero-order valence-electron chi connectivity index (χ0n) is 13.9. The normalized spacial score (nSPS) is 10.8. The first-order valence-electron chi connectivity index (χ1n) is 8.22. The summed E-state index contributed by atoms with van der Waals surface area (Å²) in [5.41, 5.74) is 2.43. The van der Waals surface area contributed by atoms with Crippen LogP contribution in [0.15, 0.2) is 78.0 Å². The van der Waals surface area contributed by atoms with Crippen molar-refractivity contribution in [2.75, 3.05) is 0 Å². The van der Waals surface area contributed by atoms with Crippen molar-refractivity contribution in [1.29, 1.82) is 0 Å². The minimum atomic E-state index is -0.217. The van der Waals surface area contributed by atoms with E-state index in [1.54, 1.807) is 18.3 Å². The van der Waals surface area contributed by atoms with Crippen molar-refractivity contribution in [2.45, 2.75) is 13.2 Å². The van der Waals surface area contributed by atoms with Crippen molar-refractivity contribution in [2.24, 2.45) is 0 Å². The minimum absolute atomic E-state index is 0.217. The van der Waals surface area contributed by atoms with Crippen LogP contribution >= 0.6 is 0 Å². The molecule has 0 radical (unpaired) electrons. The Labute approximate surface area is 149 Å². The highest BCUT2D eigenvalue weighted by atomic mass is 16.5. The predicted molar refractivity (Wildman–Crippen MR) is 97.9 cm³/mol. The van der Waals surface area contributed by atoms with Gasteiger partial charge in [-0.1, -0.05) is 36.4 Å². The van der Waals surface area contributed by atoms with Crippen LogP contribution in [0.3, 0.4) is 0 Å². The maximum atomic E-state index is 12.7. The number of rotatable bonds is 5. The van der Waals surface area contributed by atoms with Gasteiger partial charge in [-0.15, -0.1) is 0 Å². The zero-order valence-corrected chi connectivity index (χ0v) is 13.9. The van der Waals surface area contributed by atoms with E-state index in [2.05, 4.69) is 15.0 Å². The van der Waals surface area contributed by atoms with Crippen LogP contribution in [0, 0.1) is 0 Å². The molecule has 26 heavy (non-hydrogen) atoms. The zero-order chi connectivity index (χ0) is 17.8. The second kappa shape index (κ2) is 7.14. The van der Waals surface area contributed by atoms with Crippen LogP contribution in [0.1, 0.15) is 11.3 Å². The first kappa shape index (κ1) is 16.0. The predicted octanol–water partition coefficient (Wildman–Crippen LogP) is 2.81. The summed E-state index contributed by atoms with van der Waals surface area (Å²) in [5, 5.41) is 0. The first-order valence-corrected chi connectivity index (χ1v) is 8.22. The summed E-state index contributed by atoms with van der Waals surface area (Å²) < 4.78 is 7.21. The molecule has 4 aromatic rings. The molecule has 4 rings (SSSR count). The van der Waals surface area contributed by atoms with Crippen molar-refractivity contribution in [3.63, 3.8) is 0 Å². The van der Waals surface area contributed by atoms with E-state index < -0.39 is 0 Å². The molecule has 128 valence electrons. The smallest absolute Gasteiger partial charge is 0.280 e. The molecule has 0 saturated heterocycles. The van der Waals surface area contributed by atoms with Gasteiger partial charge in [0.2, 0.25) is 5.88 Å². The molecule has 0 amide bonds. The molecule has 0 atom stereocenters. The van der Waals surface area contributed by atoms with Gasteiger partial charge in [0.25, 0.3) is 5.56 Å². The molecule has 6 heteroatoms. The summed E-state index contributed by atoms with van der Waals surface area (Å²) in [6, 6.07) is 18.9. The Morgan fingerprint density at radius 2 is 1.77 bits per heavy atom. The molecule has 3 aromatic heterocycles. The number of nitrogens with zero attached hydrogens (tertiary/aromatic N) is 4. The van der Waals surface area contributed by atoms with Gasteiger partial charge in [0.15, 0.2) is 5.52 Å². The van der Waals surface area contributed by atoms with Gasteiger partial charge < -0.3 is 4.74 Å². The quantitative estimate of drug-likeness (QED) is 0.557. The van der Waals surface area contributed by atoms with Gasteiger partial charge in [0.1, 0.15) is 6.61 Å². The van der Waals surface area contributed by atoms with E-state index >= 15 is 0 Å². The van der Waals surface area contributed by atoms with Gasteiger partial charge in [-0.2, -0.15) is 0 Å². The summed E-state index contributed by atoms with van der Waals surface area (Å²) in [7, 11) is 0. The third-order valence-corrected chi connectivity index (χ3v) is 3.94. The van der Waals surface area contributed by atoms with E-state index in [0.717, 1.165) is 11.3 Å². The number of pyridine rings is 2. The van der Waals surface area contributed by atoms with Gasteiger partial charge in [-0.3, -0.25) is 14.3 Å². The van der Waals surface area contributed by atoms with E-state index in [-0.39, 0.29) is 11.1 Å². The van der Waals surface area contributed by atoms with Crippen LogP contribution in [0.25, 0.3) is 11.0 Å². The monoisotopic (exact) mass is 344 g/mol. The standard InChI is InChI=1S/C20H16N4O2/c25-20-19-17(22-14-24(20)12-16-8-4-5-11-21-16)9-10-18(23-19)26-13-15-6-2-1-3-7-15/h1-11,14H,12-13H2. The van der Waals surface area contributed by atoms with Gasteiger partial charge >= 0.3 is 0 Å². The Bertz CT molecular complexity index is 1080. The van der Waals surface area contributed by atoms with Crippen LogP contribution in [-0.2, 0) is 13.2 Å². The van der Waals surface area contributed by atoms with Crippen LogP contribution in [0.2, 0.25) is 0 Å². The lowest BCUT2D eigenvalue weighted by Gasteiger charge is -2.08. The van der Waals surface area contributed by atoms with E-state index in [1.165, 1.54) is 10.9 Å². The fourth-order valence-corrected chi connectivity index (χ4v) is 2.61. The topological polar surface area (TPSA) is 69.9 Å². The molecular formula is C20H16N4O2. The average molecular weight is 344 g/mol. The van der Waals surface area contributed by atoms with Crippen LogP contribution in [0.4, 0.5) is 0 Å². The number of hydrogen-bond donors (Lipinski definition) is 0. The Morgan fingerprint density at radius 3 is 2.58 bits per heavy atom. The molecule has 0 aliphatic rings. The van der Waals surface area contributed by atoms with Crippen LogP contribution in [-0.4, -0.2) is 19.5 Å². The fraction of sp³-hybridized carbons (Fsp3) is 0.100. The molecule has 0 aliphatic heterocycles. The Morgan fingerprint density at radius 1 is 0.923 bits per heavy atom. The molecule has 3 heterocycles. The number of hydrogen-bond acceptors (Lipinski definition) is 5. The third kappa shape index (κ3) is 3.44. The maximum Gasteiger partial charge on any atom is 0.280 e. The third-order valence-electron chi connectivity index (χ3n) is 3.94. The van der Waals surface area contributed by atoms with Crippen molar-refractivity contribution >= 4 is 11.0 Å². The summed E-state index contributed by atoms with van der Waals surface area (Å²) in [6.07, 6.45) is 3.22. The van der Waals surface area contributed by atoms with Gasteiger partial charge in [0.05, 0.1) is 24.1 Å². The summed E-state index contributed by atoms with van der Waals surface area (Å²) in [6.45, 7) is 0.737. The van der Waals surface area contributed by atoms with Crippen molar-refractivity contribution in [3.05, 3.63) is 94.8 Å². The highest BCUT2D eigenvalue weighted by Crippen LogP contribution is 2.13. The molecule has 0 N–H and O–H groups in total. The molecule has 0 unspecified atom stereocenters. The molecule has 0 bridgehead atoms. The van der Waals surface area contributed by atoms with E-state index in [9.17, 15) is 4.79 Å². The second-order valence-electron chi connectivity index (χ2n) is 5.79. The molecule has 0 aliphatic carbocycles. The molecular weight excluding hydrogens is 328 g/mol. The average Bonchev–Trinajstić information content (AvgIpc) is 2.70. The van der Waals surface area contributed by atoms with Crippen LogP contribution in [0.5, 0.6) is 5.88 Å². The molecule has 0 fully saturated rings. The largest absolute Gasteiger partial charge is 0.473 e. The second-order valence-corrected chi connectivity index (χ2v) is 5.79. The number of fused-ring (bicyclic) bond motifs is 1. The fourth-order valence-electron chi connectivity index (χ4n) is 2.61. The maximum absolute atomic E-state index is 12.7. The molecule has 0 spiro atoms. The lowest BCUT2D eigenvalue weighted by Crippen LogP contribution is -2.22. The first-order chi connectivity index (χ1) is 12.8. The molecule has 0 saturated carbocycles. The van der Waals surface area contributed by atoms with Crippen molar-refractivity contribution in [1.82, 2.24) is 19.5 Å². The number of aromatic nitrogens is 4. The Balaban J connectivity index is 1.62. The highest BCUT2D eigenvalue weighted by molar-refractivity contribution is 5.73. The summed E-state index contributed by atoms with van der Waals surface area (Å²) >= 11 is 0. The Kier molecular flexibility index (Phi) is 4.38. The van der Waals surface area contributed by atoms with Crippen molar-refractivity contribution < 1.29 is 4.74 Å². The lowest BCUT2D eigenvalue weighted by molar-refractivity contribution is 0.295. The number of ether oxygens (including phenoxy) is 1. The minimum Gasteiger partial charge on any atom is -0.473 e. The van der Waals surface area contributed by atoms with Gasteiger partial charge in [-0.05, 0) is 23.8 Å². The van der Waals surface area contributed by atoms with E-state index in [0.29, 0.717) is 24.5 Å². The molecule has 1 aromatic carbocycles. The Hall–Kier alpha value is -3.54. The SMILES string of the molecule is O=c1c2nc(OCc3ccccc3)ccc2ncn1Cc1ccccn1. The summed E-state index contributed by atoms with van der Waals surface area (Å²) in [5.74, 6) is 0.399. The highest BCUT2D eigenvalue weighted by Gasteiger charge is 2.08. The van der Waals surface area contributed by atoms with Crippen molar-refractivity contribution in [3.8, 4) is 5.88 Å². The number of benzene rings is 1. The molecule has 6 nitrogen and oxygen atoms in total. The van der Waals surface area contributed by atoms with Crippen LogP contribution < -0.4 is 10.3 Å².